The van der Waals surface area contributed by atoms with Crippen LogP contribution in [0.15, 0.2) is 36.5 Å². The summed E-state index contributed by atoms with van der Waals surface area (Å²) >= 11 is 0. The van der Waals surface area contributed by atoms with Gasteiger partial charge in [-0.05, 0) is 18.2 Å². The number of nitrogens with zero attached hydrogens (tertiary/aromatic N) is 2. The van der Waals surface area contributed by atoms with Gasteiger partial charge in [-0.2, -0.15) is 13.2 Å². The van der Waals surface area contributed by atoms with Crippen molar-refractivity contribution in [1.29, 1.82) is 0 Å². The Morgan fingerprint density at radius 3 is 2.35 bits per heavy atom. The highest BCUT2D eigenvalue weighted by molar-refractivity contribution is 5.85. The number of carbonyl (C=O) groups excluding carboxylic acids is 1. The summed E-state index contributed by atoms with van der Waals surface area (Å²) in [6.07, 6.45) is -3.05. The van der Waals surface area contributed by atoms with Crippen LogP contribution in [0.1, 0.15) is 16.2 Å². The molecule has 0 radical (unpaired) electrons. The minimum absolute atomic E-state index is 0.148. The number of alkyl halides is 3. The summed E-state index contributed by atoms with van der Waals surface area (Å²) in [5.74, 6) is -0.858. The first-order chi connectivity index (χ1) is 9.41. The summed E-state index contributed by atoms with van der Waals surface area (Å²) in [6.45, 7) is 0. The molecule has 20 heavy (non-hydrogen) atoms. The normalized spacial score (nSPS) is 11.2. The Balaban J connectivity index is 2.35. The molecule has 1 aromatic heterocycles. The molecule has 1 heterocycles. The van der Waals surface area contributed by atoms with Gasteiger partial charge in [0.05, 0.1) is 18.4 Å². The number of aromatic nitrogens is 2. The zero-order valence-corrected chi connectivity index (χ0v) is 10.3. The van der Waals surface area contributed by atoms with Crippen molar-refractivity contribution in [3.63, 3.8) is 0 Å². The van der Waals surface area contributed by atoms with Crippen LogP contribution < -0.4 is 0 Å². The highest BCUT2D eigenvalue weighted by Crippen LogP contribution is 2.30. The van der Waals surface area contributed by atoms with Gasteiger partial charge < -0.3 is 4.74 Å². The predicted octanol–water partition coefficient (Wildman–Crippen LogP) is 2.95. The number of benzene rings is 1. The van der Waals surface area contributed by atoms with Crippen LogP contribution in [0.2, 0.25) is 0 Å². The van der Waals surface area contributed by atoms with Gasteiger partial charge in [0.2, 0.25) is 5.82 Å². The number of esters is 1. The molecule has 0 amide bonds. The monoisotopic (exact) mass is 282 g/mol. The van der Waals surface area contributed by atoms with Gasteiger partial charge in [0.1, 0.15) is 0 Å². The van der Waals surface area contributed by atoms with E-state index in [-0.39, 0.29) is 5.82 Å². The molecule has 2 aromatic rings. The molecule has 4 nitrogen and oxygen atoms in total. The van der Waals surface area contributed by atoms with Crippen LogP contribution in [0.3, 0.4) is 0 Å². The molecule has 0 aliphatic rings. The van der Waals surface area contributed by atoms with Gasteiger partial charge in [0, 0.05) is 11.8 Å². The van der Waals surface area contributed by atoms with Gasteiger partial charge in [-0.1, -0.05) is 12.1 Å². The fraction of sp³-hybridized carbons (Fsp3) is 0.154. The standard InChI is InChI=1S/C13H9F3N2O2/c1-20-12(19)11-17-7-6-10(18-11)8-2-4-9(5-3-8)13(14,15)16/h2-7H,1H3. The lowest BCUT2D eigenvalue weighted by molar-refractivity contribution is -0.137. The molecule has 1 aromatic carbocycles. The highest BCUT2D eigenvalue weighted by atomic mass is 19.4. The summed E-state index contributed by atoms with van der Waals surface area (Å²) in [5, 5.41) is 0. The summed E-state index contributed by atoms with van der Waals surface area (Å²) in [5.41, 5.74) is 0.0446. The first-order valence-corrected chi connectivity index (χ1v) is 5.51. The Hall–Kier alpha value is -2.44. The van der Waals surface area contributed by atoms with Gasteiger partial charge in [-0.15, -0.1) is 0 Å². The zero-order chi connectivity index (χ0) is 14.8. The molecule has 0 N–H and O–H groups in total. The van der Waals surface area contributed by atoms with E-state index in [4.69, 9.17) is 0 Å². The SMILES string of the molecule is COC(=O)c1nccc(-c2ccc(C(F)(F)F)cc2)n1. The van der Waals surface area contributed by atoms with Gasteiger partial charge in [-0.25, -0.2) is 14.8 Å². The van der Waals surface area contributed by atoms with Gasteiger partial charge >= 0.3 is 12.1 Å². The Labute approximate surface area is 112 Å². The molecule has 0 spiro atoms. The van der Waals surface area contributed by atoms with E-state index in [0.717, 1.165) is 12.1 Å². The fourth-order valence-corrected chi connectivity index (χ4v) is 1.54. The lowest BCUT2D eigenvalue weighted by Crippen LogP contribution is -2.07. The number of halogens is 3. The Morgan fingerprint density at radius 2 is 1.80 bits per heavy atom. The van der Waals surface area contributed by atoms with E-state index in [1.54, 1.807) is 0 Å². The third kappa shape index (κ3) is 2.93. The van der Waals surface area contributed by atoms with E-state index in [9.17, 15) is 18.0 Å². The van der Waals surface area contributed by atoms with Crippen LogP contribution in [0, 0.1) is 0 Å². The molecule has 0 aliphatic carbocycles. The highest BCUT2D eigenvalue weighted by Gasteiger charge is 2.30. The van der Waals surface area contributed by atoms with E-state index in [2.05, 4.69) is 14.7 Å². The van der Waals surface area contributed by atoms with E-state index in [1.165, 1.54) is 31.5 Å². The van der Waals surface area contributed by atoms with Crippen LogP contribution in [0.4, 0.5) is 13.2 Å². The Morgan fingerprint density at radius 1 is 1.15 bits per heavy atom. The largest absolute Gasteiger partial charge is 0.463 e. The number of methoxy groups -OCH3 is 1. The number of ether oxygens (including phenoxy) is 1. The number of hydrogen-bond acceptors (Lipinski definition) is 4. The summed E-state index contributed by atoms with van der Waals surface area (Å²) in [4.78, 5) is 19.0. The maximum atomic E-state index is 12.5. The van der Waals surface area contributed by atoms with E-state index in [0.29, 0.717) is 11.3 Å². The molecule has 7 heteroatoms. The molecule has 0 unspecified atom stereocenters. The molecule has 2 rings (SSSR count). The third-order valence-electron chi connectivity index (χ3n) is 2.53. The van der Waals surface area contributed by atoms with Crippen LogP contribution in [-0.2, 0) is 10.9 Å². The molecule has 104 valence electrons. The number of rotatable bonds is 2. The van der Waals surface area contributed by atoms with Crippen molar-refractivity contribution < 1.29 is 22.7 Å². The van der Waals surface area contributed by atoms with Gasteiger partial charge in [0.25, 0.3) is 0 Å². The zero-order valence-electron chi connectivity index (χ0n) is 10.3. The van der Waals surface area contributed by atoms with Gasteiger partial charge in [-0.3, -0.25) is 0 Å². The molecule has 0 atom stereocenters. The van der Waals surface area contributed by atoms with Crippen molar-refractivity contribution in [2.75, 3.05) is 7.11 Å². The summed E-state index contributed by atoms with van der Waals surface area (Å²) in [7, 11) is 1.19. The fourth-order valence-electron chi connectivity index (χ4n) is 1.54. The molecule has 0 aliphatic heterocycles. The minimum Gasteiger partial charge on any atom is -0.463 e. The first-order valence-electron chi connectivity index (χ1n) is 5.51. The summed E-state index contributed by atoms with van der Waals surface area (Å²) < 4.78 is 41.8. The van der Waals surface area contributed by atoms with Crippen molar-refractivity contribution in [3.05, 3.63) is 47.9 Å². The number of hydrogen-bond donors (Lipinski definition) is 0. The lowest BCUT2D eigenvalue weighted by atomic mass is 10.1. The minimum atomic E-state index is -4.39. The quantitative estimate of drug-likeness (QED) is 0.795. The smallest absolute Gasteiger partial charge is 0.416 e. The predicted molar refractivity (Wildman–Crippen MR) is 63.8 cm³/mol. The second kappa shape index (κ2) is 5.28. The molecule has 0 bridgehead atoms. The van der Waals surface area contributed by atoms with Crippen molar-refractivity contribution in [2.45, 2.75) is 6.18 Å². The summed E-state index contributed by atoms with van der Waals surface area (Å²) in [6, 6.07) is 5.97. The first kappa shape index (κ1) is 14.0. The average Bonchev–Trinajstić information content (AvgIpc) is 2.46. The average molecular weight is 282 g/mol. The lowest BCUT2D eigenvalue weighted by Gasteiger charge is -2.07. The molecular weight excluding hydrogens is 273 g/mol. The third-order valence-corrected chi connectivity index (χ3v) is 2.53. The van der Waals surface area contributed by atoms with E-state index >= 15 is 0 Å². The second-order valence-corrected chi connectivity index (χ2v) is 3.83. The maximum Gasteiger partial charge on any atom is 0.416 e. The molecule has 0 fully saturated rings. The topological polar surface area (TPSA) is 52.1 Å². The Bertz CT molecular complexity index is 624. The van der Waals surface area contributed by atoms with Crippen molar-refractivity contribution in [3.8, 4) is 11.3 Å². The number of carbonyl (C=O) groups is 1. The van der Waals surface area contributed by atoms with Crippen LogP contribution in [0.25, 0.3) is 11.3 Å². The van der Waals surface area contributed by atoms with Crippen LogP contribution in [-0.4, -0.2) is 23.0 Å². The molecule has 0 saturated heterocycles. The van der Waals surface area contributed by atoms with Gasteiger partial charge in [0.15, 0.2) is 0 Å². The van der Waals surface area contributed by atoms with E-state index in [1.807, 2.05) is 0 Å². The van der Waals surface area contributed by atoms with Crippen LogP contribution >= 0.6 is 0 Å². The second-order valence-electron chi connectivity index (χ2n) is 3.83. The molecule has 0 saturated carbocycles. The van der Waals surface area contributed by atoms with E-state index < -0.39 is 17.7 Å². The Kier molecular flexibility index (Phi) is 3.69. The maximum absolute atomic E-state index is 12.5. The molecular formula is C13H9F3N2O2. The van der Waals surface area contributed by atoms with Crippen molar-refractivity contribution >= 4 is 5.97 Å². The van der Waals surface area contributed by atoms with Crippen LogP contribution in [0.5, 0.6) is 0 Å². The van der Waals surface area contributed by atoms with Crippen molar-refractivity contribution in [1.82, 2.24) is 9.97 Å². The van der Waals surface area contributed by atoms with Crippen molar-refractivity contribution in [2.24, 2.45) is 0 Å².